The van der Waals surface area contributed by atoms with Gasteiger partial charge in [0.25, 0.3) is 0 Å². The Morgan fingerprint density at radius 2 is 1.84 bits per heavy atom. The van der Waals surface area contributed by atoms with E-state index in [1.165, 1.54) is 18.5 Å². The second kappa shape index (κ2) is 11.0. The summed E-state index contributed by atoms with van der Waals surface area (Å²) in [6, 6.07) is 13.3. The average molecular weight is 516 g/mol. The van der Waals surface area contributed by atoms with Gasteiger partial charge in [-0.15, -0.1) is 0 Å². The molecule has 1 aliphatic rings. The third kappa shape index (κ3) is 5.50. The first-order chi connectivity index (χ1) is 18.4. The summed E-state index contributed by atoms with van der Waals surface area (Å²) in [5.74, 6) is 1.18. The molecule has 0 spiro atoms. The molecule has 4 aromatic rings. The quantitative estimate of drug-likeness (QED) is 0.366. The minimum Gasteiger partial charge on any atom is -0.457 e. The average Bonchev–Trinajstić information content (AvgIpc) is 3.31. The molecule has 0 aliphatic carbocycles. The van der Waals surface area contributed by atoms with E-state index in [-0.39, 0.29) is 17.8 Å². The Labute approximate surface area is 220 Å². The van der Waals surface area contributed by atoms with Crippen molar-refractivity contribution in [3.8, 4) is 22.8 Å². The van der Waals surface area contributed by atoms with Crippen molar-refractivity contribution in [1.29, 1.82) is 0 Å². The molecule has 5 rings (SSSR count). The topological polar surface area (TPSA) is 102 Å². The highest BCUT2D eigenvalue weighted by atomic mass is 19.1. The van der Waals surface area contributed by atoms with Crippen LogP contribution in [0.1, 0.15) is 18.9 Å². The zero-order valence-corrected chi connectivity index (χ0v) is 21.4. The lowest BCUT2D eigenvalue weighted by Gasteiger charge is -2.32. The number of likely N-dealkylation sites (N-methyl/N-ethyl adjacent to an activating group) is 1. The fourth-order valence-electron chi connectivity index (χ4n) is 4.60. The first-order valence-corrected chi connectivity index (χ1v) is 12.5. The summed E-state index contributed by atoms with van der Waals surface area (Å²) in [5.41, 5.74) is 8.44. The number of anilines is 1. The number of hydrogen-bond donors (Lipinski definition) is 1. The van der Waals surface area contributed by atoms with Gasteiger partial charge in [0.05, 0.1) is 11.4 Å². The van der Waals surface area contributed by atoms with Crippen molar-refractivity contribution in [3.05, 3.63) is 72.8 Å². The van der Waals surface area contributed by atoms with E-state index in [2.05, 4.69) is 9.97 Å². The van der Waals surface area contributed by atoms with Crippen LogP contribution in [0, 0.1) is 5.82 Å². The Kier molecular flexibility index (Phi) is 7.32. The van der Waals surface area contributed by atoms with E-state index in [0.717, 1.165) is 18.4 Å². The molecule has 10 heteroatoms. The lowest BCUT2D eigenvalue weighted by molar-refractivity contribution is -0.127. The third-order valence-electron chi connectivity index (χ3n) is 6.48. The van der Waals surface area contributed by atoms with Gasteiger partial charge in [0.15, 0.2) is 5.65 Å². The molecule has 1 saturated heterocycles. The Morgan fingerprint density at radius 1 is 1.13 bits per heavy atom. The molecule has 0 saturated carbocycles. The maximum absolute atomic E-state index is 13.2. The van der Waals surface area contributed by atoms with Crippen LogP contribution in [0.15, 0.2) is 67.0 Å². The first kappa shape index (κ1) is 25.3. The number of halogens is 1. The molecule has 0 bridgehead atoms. The number of nitrogens with two attached hydrogens (primary N) is 1. The number of aromatic nitrogens is 4. The van der Waals surface area contributed by atoms with Crippen molar-refractivity contribution in [1.82, 2.24) is 29.5 Å². The molecule has 3 heterocycles. The van der Waals surface area contributed by atoms with Gasteiger partial charge in [0, 0.05) is 31.3 Å². The maximum atomic E-state index is 13.2. The third-order valence-corrected chi connectivity index (χ3v) is 6.48. The van der Waals surface area contributed by atoms with Crippen molar-refractivity contribution in [2.75, 3.05) is 39.5 Å². The summed E-state index contributed by atoms with van der Waals surface area (Å²) in [6.45, 7) is 1.95. The molecular weight excluding hydrogens is 485 g/mol. The van der Waals surface area contributed by atoms with Gasteiger partial charge in [0.1, 0.15) is 35.2 Å². The summed E-state index contributed by atoms with van der Waals surface area (Å²) >= 11 is 0. The summed E-state index contributed by atoms with van der Waals surface area (Å²) in [7, 11) is 3.93. The van der Waals surface area contributed by atoms with Crippen molar-refractivity contribution >= 4 is 22.8 Å². The minimum absolute atomic E-state index is 0.000817. The summed E-state index contributed by atoms with van der Waals surface area (Å²) in [5, 5.41) is 5.61. The van der Waals surface area contributed by atoms with E-state index >= 15 is 0 Å². The highest BCUT2D eigenvalue weighted by molar-refractivity contribution is 5.98. The van der Waals surface area contributed by atoms with Crippen LogP contribution in [0.25, 0.3) is 22.3 Å². The molecule has 2 aromatic carbocycles. The molecule has 196 valence electrons. The zero-order chi connectivity index (χ0) is 26.6. The van der Waals surface area contributed by atoms with Crippen LogP contribution in [0.4, 0.5) is 10.2 Å². The Morgan fingerprint density at radius 3 is 2.55 bits per heavy atom. The molecule has 2 N–H and O–H groups in total. The standard InChI is InChI=1S/C28H30FN7O2/c1-34(2)15-4-6-24(37)35-16-3-5-21(17-35)36-28-25(27(30)31-18-32-28)26(33-36)19-7-11-22(12-8-19)38-23-13-9-20(29)10-14-23/h4,6-14,18,21H,3,5,15-17H2,1-2H3,(H2,30,31,32)/b6-4+. The Balaban J connectivity index is 1.41. The van der Waals surface area contributed by atoms with E-state index in [1.807, 2.05) is 58.9 Å². The second-order valence-corrected chi connectivity index (χ2v) is 9.58. The molecule has 2 aromatic heterocycles. The zero-order valence-electron chi connectivity index (χ0n) is 21.4. The molecule has 1 atom stereocenters. The number of benzene rings is 2. The summed E-state index contributed by atoms with van der Waals surface area (Å²) < 4.78 is 20.9. The van der Waals surface area contributed by atoms with Crippen molar-refractivity contribution in [3.63, 3.8) is 0 Å². The molecule has 1 fully saturated rings. The van der Waals surface area contributed by atoms with E-state index in [9.17, 15) is 9.18 Å². The van der Waals surface area contributed by atoms with Crippen LogP contribution < -0.4 is 10.5 Å². The molecule has 9 nitrogen and oxygen atoms in total. The number of hydrogen-bond acceptors (Lipinski definition) is 7. The number of ether oxygens (including phenoxy) is 1. The molecule has 0 radical (unpaired) electrons. The number of carbonyl (C=O) groups is 1. The molecule has 1 unspecified atom stereocenters. The fraction of sp³-hybridized carbons (Fsp3) is 0.286. The van der Waals surface area contributed by atoms with Crippen LogP contribution in [0.5, 0.6) is 11.5 Å². The van der Waals surface area contributed by atoms with Gasteiger partial charge < -0.3 is 20.3 Å². The minimum atomic E-state index is -0.318. The summed E-state index contributed by atoms with van der Waals surface area (Å²) in [4.78, 5) is 25.4. The number of nitrogens with zero attached hydrogens (tertiary/aromatic N) is 6. The van der Waals surface area contributed by atoms with Crippen LogP contribution in [-0.2, 0) is 4.79 Å². The van der Waals surface area contributed by atoms with Crippen LogP contribution in [-0.4, -0.2) is 69.2 Å². The summed E-state index contributed by atoms with van der Waals surface area (Å²) in [6.07, 6.45) is 6.70. The maximum Gasteiger partial charge on any atom is 0.246 e. The lowest BCUT2D eigenvalue weighted by atomic mass is 10.1. The highest BCUT2D eigenvalue weighted by Crippen LogP contribution is 2.35. The number of piperidine rings is 1. The monoisotopic (exact) mass is 515 g/mol. The fourth-order valence-corrected chi connectivity index (χ4v) is 4.60. The SMILES string of the molecule is CN(C)C/C=C/C(=O)N1CCCC(n2nc(-c3ccc(Oc4ccc(F)cc4)cc3)c3c(N)ncnc32)C1. The molecule has 1 amide bonds. The van der Waals surface area contributed by atoms with Crippen LogP contribution >= 0.6 is 0 Å². The number of likely N-dealkylation sites (tertiary alicyclic amines) is 1. The molecular formula is C28H30FN7O2. The molecule has 1 aliphatic heterocycles. The van der Waals surface area contributed by atoms with Gasteiger partial charge in [-0.2, -0.15) is 5.10 Å². The van der Waals surface area contributed by atoms with E-state index < -0.39 is 0 Å². The predicted molar refractivity (Wildman–Crippen MR) is 144 cm³/mol. The smallest absolute Gasteiger partial charge is 0.246 e. The van der Waals surface area contributed by atoms with Crippen molar-refractivity contribution in [2.45, 2.75) is 18.9 Å². The van der Waals surface area contributed by atoms with Gasteiger partial charge in [-0.25, -0.2) is 19.0 Å². The van der Waals surface area contributed by atoms with Gasteiger partial charge in [-0.3, -0.25) is 4.79 Å². The van der Waals surface area contributed by atoms with Gasteiger partial charge in [-0.1, -0.05) is 6.08 Å². The number of amides is 1. The van der Waals surface area contributed by atoms with Crippen LogP contribution in [0.3, 0.4) is 0 Å². The number of nitrogen functional groups attached to an aromatic ring is 1. The van der Waals surface area contributed by atoms with E-state index in [1.54, 1.807) is 18.2 Å². The van der Waals surface area contributed by atoms with Crippen molar-refractivity contribution in [2.24, 2.45) is 0 Å². The van der Waals surface area contributed by atoms with E-state index in [4.69, 9.17) is 15.6 Å². The Bertz CT molecular complexity index is 1450. The number of fused-ring (bicyclic) bond motifs is 1. The normalized spacial score (nSPS) is 16.0. The number of carbonyl (C=O) groups excluding carboxylic acids is 1. The lowest BCUT2D eigenvalue weighted by Crippen LogP contribution is -2.40. The van der Waals surface area contributed by atoms with Gasteiger partial charge in [0.2, 0.25) is 5.91 Å². The molecule has 38 heavy (non-hydrogen) atoms. The largest absolute Gasteiger partial charge is 0.457 e. The van der Waals surface area contributed by atoms with Gasteiger partial charge in [-0.05, 0) is 75.5 Å². The first-order valence-electron chi connectivity index (χ1n) is 12.5. The van der Waals surface area contributed by atoms with Crippen molar-refractivity contribution < 1.29 is 13.9 Å². The second-order valence-electron chi connectivity index (χ2n) is 9.58. The van der Waals surface area contributed by atoms with Gasteiger partial charge >= 0.3 is 0 Å². The highest BCUT2D eigenvalue weighted by Gasteiger charge is 2.28. The Hall–Kier alpha value is -4.31. The number of rotatable bonds is 7. The van der Waals surface area contributed by atoms with Crippen LogP contribution in [0.2, 0.25) is 0 Å². The van der Waals surface area contributed by atoms with E-state index in [0.29, 0.717) is 53.7 Å². The predicted octanol–water partition coefficient (Wildman–Crippen LogP) is 4.29.